The van der Waals surface area contributed by atoms with Gasteiger partial charge in [-0.05, 0) is 30.9 Å². The van der Waals surface area contributed by atoms with Gasteiger partial charge in [0.15, 0.2) is 0 Å². The number of benzene rings is 2. The topological polar surface area (TPSA) is 89.3 Å². The fraction of sp³-hybridized carbons (Fsp3) is 0.333. The Morgan fingerprint density at radius 3 is 2.32 bits per heavy atom. The minimum absolute atomic E-state index is 0.102. The summed E-state index contributed by atoms with van der Waals surface area (Å²) in [5, 5.41) is 11.1. The van der Waals surface area contributed by atoms with Crippen LogP contribution in [0.3, 0.4) is 0 Å². The molecule has 0 radical (unpaired) electrons. The van der Waals surface area contributed by atoms with Crippen molar-refractivity contribution in [2.24, 2.45) is 5.92 Å². The molecule has 0 saturated heterocycles. The summed E-state index contributed by atoms with van der Waals surface area (Å²) in [6.45, 7) is 5.61. The number of aryl methyl sites for hydroxylation is 1. The van der Waals surface area contributed by atoms with E-state index in [-0.39, 0.29) is 16.5 Å². The van der Waals surface area contributed by atoms with E-state index in [1.807, 2.05) is 44.2 Å². The van der Waals surface area contributed by atoms with Crippen molar-refractivity contribution in [3.63, 3.8) is 0 Å². The molecule has 7 heteroatoms. The summed E-state index contributed by atoms with van der Waals surface area (Å²) in [6, 6.07) is 12.9. The highest BCUT2D eigenvalue weighted by atomic mass is 32.2. The van der Waals surface area contributed by atoms with Crippen LogP contribution in [0.25, 0.3) is 0 Å². The number of nitro benzene ring substituents is 1. The molecule has 0 heterocycles. The number of sulfonamides is 1. The van der Waals surface area contributed by atoms with Gasteiger partial charge < -0.3 is 0 Å². The van der Waals surface area contributed by atoms with E-state index in [4.69, 9.17) is 0 Å². The summed E-state index contributed by atoms with van der Waals surface area (Å²) < 4.78 is 28.2. The lowest BCUT2D eigenvalue weighted by Crippen LogP contribution is -2.29. The molecule has 0 spiro atoms. The Labute approximate surface area is 148 Å². The highest BCUT2D eigenvalue weighted by molar-refractivity contribution is 7.89. The molecule has 6 nitrogen and oxygen atoms in total. The first-order valence-corrected chi connectivity index (χ1v) is 9.51. The van der Waals surface area contributed by atoms with Gasteiger partial charge in [0.1, 0.15) is 0 Å². The van der Waals surface area contributed by atoms with Gasteiger partial charge in [0.05, 0.1) is 9.82 Å². The number of rotatable bonds is 7. The van der Waals surface area contributed by atoms with Gasteiger partial charge in [0.2, 0.25) is 10.0 Å². The van der Waals surface area contributed by atoms with Gasteiger partial charge in [-0.3, -0.25) is 10.1 Å². The molecule has 1 atom stereocenters. The Kier molecular flexibility index (Phi) is 5.92. The zero-order chi connectivity index (χ0) is 18.6. The quantitative estimate of drug-likeness (QED) is 0.596. The predicted molar refractivity (Wildman–Crippen MR) is 96.8 cm³/mol. The van der Waals surface area contributed by atoms with E-state index in [1.165, 1.54) is 12.1 Å². The average molecular weight is 362 g/mol. The van der Waals surface area contributed by atoms with Crippen LogP contribution in [0, 0.1) is 23.0 Å². The van der Waals surface area contributed by atoms with Crippen LogP contribution in [0.1, 0.15) is 37.4 Å². The van der Waals surface area contributed by atoms with Crippen molar-refractivity contribution in [3.8, 4) is 0 Å². The molecule has 2 aromatic rings. The zero-order valence-electron chi connectivity index (χ0n) is 14.5. The number of nitrogens with zero attached hydrogens (tertiary/aromatic N) is 1. The average Bonchev–Trinajstić information content (AvgIpc) is 2.54. The highest BCUT2D eigenvalue weighted by Gasteiger charge is 2.24. The summed E-state index contributed by atoms with van der Waals surface area (Å²) in [6.07, 6.45) is 0.622. The molecule has 0 fully saturated rings. The van der Waals surface area contributed by atoms with Crippen LogP contribution in [0.15, 0.2) is 53.4 Å². The van der Waals surface area contributed by atoms with Gasteiger partial charge in [0.25, 0.3) is 5.69 Å². The third-order valence-corrected chi connectivity index (χ3v) is 5.36. The van der Waals surface area contributed by atoms with Crippen LogP contribution < -0.4 is 4.72 Å². The van der Waals surface area contributed by atoms with Crippen LogP contribution in [-0.2, 0) is 10.0 Å². The normalized spacial score (nSPS) is 13.0. The van der Waals surface area contributed by atoms with Crippen molar-refractivity contribution in [2.75, 3.05) is 0 Å². The largest absolute Gasteiger partial charge is 0.273 e. The highest BCUT2D eigenvalue weighted by Crippen LogP contribution is 2.26. The van der Waals surface area contributed by atoms with E-state index in [2.05, 4.69) is 4.72 Å². The lowest BCUT2D eigenvalue weighted by Gasteiger charge is -2.21. The Morgan fingerprint density at radius 1 is 1.12 bits per heavy atom. The first-order chi connectivity index (χ1) is 11.7. The molecule has 0 aliphatic heterocycles. The number of nitrogens with one attached hydrogen (secondary N) is 1. The van der Waals surface area contributed by atoms with E-state index in [9.17, 15) is 18.5 Å². The summed E-state index contributed by atoms with van der Waals surface area (Å²) >= 11 is 0. The van der Waals surface area contributed by atoms with Gasteiger partial charge in [-0.1, -0.05) is 50.2 Å². The Balaban J connectivity index is 2.37. The van der Waals surface area contributed by atoms with Crippen molar-refractivity contribution in [2.45, 2.75) is 38.1 Å². The number of nitro groups is 1. The molecule has 0 bridgehead atoms. The molecule has 134 valence electrons. The fourth-order valence-corrected chi connectivity index (χ4v) is 3.87. The summed E-state index contributed by atoms with van der Waals surface area (Å²) in [5.74, 6) is 0.278. The molecule has 0 aromatic heterocycles. The molecule has 1 N–H and O–H groups in total. The standard InChI is InChI=1S/C18H22N2O4S/c1-13(2)11-17(15-7-5-4-6-8-15)19-25(23,24)16-10-9-14(3)18(12-16)20(21)22/h4-10,12-13,17,19H,11H2,1-3H3/t17-/m0/s1. The van der Waals surface area contributed by atoms with Crippen LogP contribution >= 0.6 is 0 Å². The van der Waals surface area contributed by atoms with Crippen LogP contribution in [0.4, 0.5) is 5.69 Å². The fourth-order valence-electron chi connectivity index (χ4n) is 2.62. The molecule has 0 aliphatic rings. The van der Waals surface area contributed by atoms with E-state index in [0.717, 1.165) is 11.6 Å². The van der Waals surface area contributed by atoms with E-state index in [1.54, 1.807) is 6.92 Å². The Hall–Kier alpha value is -2.25. The molecule has 0 amide bonds. The molecular formula is C18H22N2O4S. The minimum atomic E-state index is -3.88. The maximum atomic E-state index is 12.7. The van der Waals surface area contributed by atoms with Gasteiger partial charge in [0, 0.05) is 17.7 Å². The second-order valence-corrected chi connectivity index (χ2v) is 8.13. The third-order valence-electron chi connectivity index (χ3n) is 3.89. The predicted octanol–water partition coefficient (Wildman–Crippen LogP) is 3.97. The molecule has 0 unspecified atom stereocenters. The maximum absolute atomic E-state index is 12.7. The molecule has 25 heavy (non-hydrogen) atoms. The summed E-state index contributed by atoms with van der Waals surface area (Å²) in [7, 11) is -3.88. The van der Waals surface area contributed by atoms with Gasteiger partial charge in [-0.15, -0.1) is 0 Å². The van der Waals surface area contributed by atoms with Crippen LogP contribution in [0.5, 0.6) is 0 Å². The third kappa shape index (κ3) is 4.87. The van der Waals surface area contributed by atoms with Gasteiger partial charge in [-0.2, -0.15) is 0 Å². The smallest absolute Gasteiger partial charge is 0.258 e. The Bertz CT molecular complexity index is 849. The second-order valence-electron chi connectivity index (χ2n) is 6.42. The number of hydrogen-bond acceptors (Lipinski definition) is 4. The SMILES string of the molecule is Cc1ccc(S(=O)(=O)N[C@@H](CC(C)C)c2ccccc2)cc1[N+](=O)[O-]. The molecule has 0 aliphatic carbocycles. The van der Waals surface area contributed by atoms with E-state index in [0.29, 0.717) is 12.0 Å². The summed E-state index contributed by atoms with van der Waals surface area (Å²) in [4.78, 5) is 10.4. The maximum Gasteiger partial charge on any atom is 0.273 e. The minimum Gasteiger partial charge on any atom is -0.258 e. The lowest BCUT2D eigenvalue weighted by molar-refractivity contribution is -0.385. The van der Waals surface area contributed by atoms with Crippen molar-refractivity contribution in [1.29, 1.82) is 0 Å². The van der Waals surface area contributed by atoms with Crippen molar-refractivity contribution in [3.05, 3.63) is 69.8 Å². The van der Waals surface area contributed by atoms with E-state index >= 15 is 0 Å². The molecule has 2 rings (SSSR count). The van der Waals surface area contributed by atoms with Crippen molar-refractivity contribution >= 4 is 15.7 Å². The molecule has 2 aromatic carbocycles. The first-order valence-electron chi connectivity index (χ1n) is 8.03. The van der Waals surface area contributed by atoms with E-state index < -0.39 is 21.0 Å². The van der Waals surface area contributed by atoms with Gasteiger partial charge in [-0.25, -0.2) is 13.1 Å². The number of hydrogen-bond donors (Lipinski definition) is 1. The monoisotopic (exact) mass is 362 g/mol. The van der Waals surface area contributed by atoms with Crippen LogP contribution in [-0.4, -0.2) is 13.3 Å². The zero-order valence-corrected chi connectivity index (χ0v) is 15.3. The first kappa shape index (κ1) is 19.1. The summed E-state index contributed by atoms with van der Waals surface area (Å²) in [5.41, 5.74) is 1.08. The molecule has 0 saturated carbocycles. The lowest BCUT2D eigenvalue weighted by atomic mass is 9.98. The van der Waals surface area contributed by atoms with Gasteiger partial charge >= 0.3 is 0 Å². The molecular weight excluding hydrogens is 340 g/mol. The van der Waals surface area contributed by atoms with Crippen LogP contribution in [0.2, 0.25) is 0 Å². The second kappa shape index (κ2) is 7.76. The van der Waals surface area contributed by atoms with Crippen molar-refractivity contribution in [1.82, 2.24) is 4.72 Å². The Morgan fingerprint density at radius 2 is 1.76 bits per heavy atom. The van der Waals surface area contributed by atoms with Crippen molar-refractivity contribution < 1.29 is 13.3 Å².